The minimum absolute atomic E-state index is 0.328. The highest BCUT2D eigenvalue weighted by molar-refractivity contribution is 9.11. The Hall–Kier alpha value is 0.400. The number of halogens is 1. The van der Waals surface area contributed by atoms with Crippen molar-refractivity contribution in [2.45, 2.75) is 11.4 Å². The van der Waals surface area contributed by atoms with Crippen molar-refractivity contribution in [3.05, 3.63) is 14.7 Å². The fourth-order valence-corrected chi connectivity index (χ4v) is 5.36. The third-order valence-electron chi connectivity index (χ3n) is 1.95. The van der Waals surface area contributed by atoms with Gasteiger partial charge in [0.05, 0.1) is 3.79 Å². The smallest absolute Gasteiger partial charge is 0.242 e. The van der Waals surface area contributed by atoms with Crippen molar-refractivity contribution in [1.82, 2.24) is 10.0 Å². The van der Waals surface area contributed by atoms with Crippen LogP contribution in [0.25, 0.3) is 0 Å². The van der Waals surface area contributed by atoms with Crippen LogP contribution in [0.1, 0.15) is 4.88 Å². The third-order valence-corrected chi connectivity index (χ3v) is 6.27. The minimum atomic E-state index is -3.39. The van der Waals surface area contributed by atoms with E-state index in [1.165, 1.54) is 11.3 Å². The molecule has 0 saturated carbocycles. The Morgan fingerprint density at radius 2 is 2.24 bits per heavy atom. The number of thioether (sulfide) groups is 1. The van der Waals surface area contributed by atoms with E-state index in [2.05, 4.69) is 26.0 Å². The molecule has 17 heavy (non-hydrogen) atoms. The summed E-state index contributed by atoms with van der Waals surface area (Å²) in [5.74, 6) is 0.768. The summed E-state index contributed by atoms with van der Waals surface area (Å²) in [5.41, 5.74) is 0. The third kappa shape index (κ3) is 4.53. The summed E-state index contributed by atoms with van der Waals surface area (Å²) in [4.78, 5) is 1.32. The quantitative estimate of drug-likeness (QED) is 0.730. The molecular formula is C9H15BrN2O2S3. The molecule has 0 unspecified atom stereocenters. The van der Waals surface area contributed by atoms with Gasteiger partial charge in [0.25, 0.3) is 0 Å². The van der Waals surface area contributed by atoms with Gasteiger partial charge in [0, 0.05) is 23.7 Å². The van der Waals surface area contributed by atoms with E-state index in [1.54, 1.807) is 17.8 Å². The van der Waals surface area contributed by atoms with E-state index >= 15 is 0 Å². The molecule has 0 fully saturated rings. The van der Waals surface area contributed by atoms with Gasteiger partial charge in [-0.25, -0.2) is 13.1 Å². The predicted molar refractivity (Wildman–Crippen MR) is 78.4 cm³/mol. The van der Waals surface area contributed by atoms with Crippen LogP contribution in [0.4, 0.5) is 0 Å². The van der Waals surface area contributed by atoms with Gasteiger partial charge in [0.1, 0.15) is 4.90 Å². The number of rotatable bonds is 7. The fourth-order valence-electron chi connectivity index (χ4n) is 1.20. The molecule has 0 saturated heterocycles. The molecule has 0 aliphatic heterocycles. The normalized spacial score (nSPS) is 11.9. The van der Waals surface area contributed by atoms with Gasteiger partial charge in [-0.05, 0) is 35.3 Å². The molecule has 0 radical (unpaired) electrons. The minimum Gasteiger partial charge on any atom is -0.315 e. The molecule has 1 rings (SSSR count). The first-order valence-corrected chi connectivity index (χ1v) is 9.41. The lowest BCUT2D eigenvalue weighted by Gasteiger charge is -2.04. The molecule has 98 valence electrons. The molecule has 0 bridgehead atoms. The molecule has 0 amide bonds. The zero-order valence-electron chi connectivity index (χ0n) is 9.62. The Labute approximate surface area is 119 Å². The van der Waals surface area contributed by atoms with Gasteiger partial charge in [-0.1, -0.05) is 0 Å². The van der Waals surface area contributed by atoms with E-state index in [9.17, 15) is 8.42 Å². The fraction of sp³-hybridized carbons (Fsp3) is 0.556. The number of sulfonamides is 1. The molecule has 2 N–H and O–H groups in total. The Balaban J connectivity index is 2.83. The van der Waals surface area contributed by atoms with Crippen LogP contribution in [-0.4, -0.2) is 34.0 Å². The van der Waals surface area contributed by atoms with E-state index in [0.717, 1.165) is 10.6 Å². The van der Waals surface area contributed by atoms with Gasteiger partial charge in [-0.2, -0.15) is 11.8 Å². The highest BCUT2D eigenvalue weighted by atomic mass is 79.9. The summed E-state index contributed by atoms with van der Waals surface area (Å²) < 4.78 is 27.2. The standard InChI is InChI=1S/C9H15BrN2O2S3/c1-11-6-7-5-8(9(10)16-7)17(13,14)12-3-4-15-2/h5,11-12H,3-4,6H2,1-2H3. The maximum absolute atomic E-state index is 12.0. The molecule has 1 heterocycles. The Kier molecular flexibility index (Phi) is 6.46. The first-order chi connectivity index (χ1) is 8.01. The second-order valence-electron chi connectivity index (χ2n) is 3.27. The summed E-state index contributed by atoms with van der Waals surface area (Å²) in [6.07, 6.45) is 1.94. The second-order valence-corrected chi connectivity index (χ2v) is 8.45. The Morgan fingerprint density at radius 1 is 1.53 bits per heavy atom. The highest BCUT2D eigenvalue weighted by Gasteiger charge is 2.20. The van der Waals surface area contributed by atoms with Crippen molar-refractivity contribution in [2.24, 2.45) is 0 Å². The first kappa shape index (κ1) is 15.5. The van der Waals surface area contributed by atoms with E-state index in [0.29, 0.717) is 21.8 Å². The zero-order valence-corrected chi connectivity index (χ0v) is 13.7. The number of hydrogen-bond donors (Lipinski definition) is 2. The van der Waals surface area contributed by atoms with Gasteiger partial charge in [0.2, 0.25) is 10.0 Å². The van der Waals surface area contributed by atoms with Gasteiger partial charge in [0.15, 0.2) is 0 Å². The van der Waals surface area contributed by atoms with Crippen LogP contribution < -0.4 is 10.0 Å². The van der Waals surface area contributed by atoms with Crippen LogP contribution in [0.3, 0.4) is 0 Å². The topological polar surface area (TPSA) is 58.2 Å². The van der Waals surface area contributed by atoms with Crippen LogP contribution in [0.5, 0.6) is 0 Å². The van der Waals surface area contributed by atoms with Crippen molar-refractivity contribution in [2.75, 3.05) is 25.6 Å². The lowest BCUT2D eigenvalue weighted by molar-refractivity contribution is 0.584. The number of thiophene rings is 1. The van der Waals surface area contributed by atoms with Crippen LogP contribution in [-0.2, 0) is 16.6 Å². The van der Waals surface area contributed by atoms with Gasteiger partial charge in [-0.15, -0.1) is 11.3 Å². The molecule has 8 heteroatoms. The van der Waals surface area contributed by atoms with Crippen LogP contribution in [0.2, 0.25) is 0 Å². The van der Waals surface area contributed by atoms with Crippen molar-refractivity contribution in [3.8, 4) is 0 Å². The monoisotopic (exact) mass is 358 g/mol. The first-order valence-electron chi connectivity index (χ1n) is 4.92. The van der Waals surface area contributed by atoms with Gasteiger partial charge < -0.3 is 5.32 Å². The molecule has 1 aromatic heterocycles. The summed E-state index contributed by atoms with van der Waals surface area (Å²) in [6.45, 7) is 1.12. The Bertz CT molecular complexity index is 459. The summed E-state index contributed by atoms with van der Waals surface area (Å²) in [5, 5.41) is 3.00. The summed E-state index contributed by atoms with van der Waals surface area (Å²) in [6, 6.07) is 1.70. The average Bonchev–Trinajstić information content (AvgIpc) is 2.61. The molecule has 0 atom stereocenters. The molecular weight excluding hydrogens is 344 g/mol. The molecule has 0 aromatic carbocycles. The molecule has 0 aliphatic rings. The number of hydrogen-bond acceptors (Lipinski definition) is 5. The largest absolute Gasteiger partial charge is 0.315 e. The summed E-state index contributed by atoms with van der Waals surface area (Å²) in [7, 11) is -1.56. The second kappa shape index (κ2) is 7.10. The van der Waals surface area contributed by atoms with E-state index in [-0.39, 0.29) is 0 Å². The molecule has 4 nitrogen and oxygen atoms in total. The average molecular weight is 359 g/mol. The lowest BCUT2D eigenvalue weighted by atomic mass is 10.5. The van der Waals surface area contributed by atoms with E-state index in [1.807, 2.05) is 13.3 Å². The molecule has 0 aliphatic carbocycles. The van der Waals surface area contributed by atoms with Crippen LogP contribution >= 0.6 is 39.0 Å². The number of nitrogens with one attached hydrogen (secondary N) is 2. The van der Waals surface area contributed by atoms with Crippen molar-refractivity contribution >= 4 is 49.1 Å². The van der Waals surface area contributed by atoms with Crippen LogP contribution in [0, 0.1) is 0 Å². The molecule has 1 aromatic rings. The van der Waals surface area contributed by atoms with Crippen molar-refractivity contribution < 1.29 is 8.42 Å². The maximum atomic E-state index is 12.0. The SMILES string of the molecule is CNCc1cc(S(=O)(=O)NCCSC)c(Br)s1. The zero-order chi connectivity index (χ0) is 12.9. The van der Waals surface area contributed by atoms with Crippen molar-refractivity contribution in [3.63, 3.8) is 0 Å². The van der Waals surface area contributed by atoms with Gasteiger partial charge >= 0.3 is 0 Å². The maximum Gasteiger partial charge on any atom is 0.242 e. The Morgan fingerprint density at radius 3 is 2.82 bits per heavy atom. The lowest BCUT2D eigenvalue weighted by Crippen LogP contribution is -2.25. The van der Waals surface area contributed by atoms with Crippen LogP contribution in [0.15, 0.2) is 14.7 Å². The molecule has 0 spiro atoms. The summed E-state index contributed by atoms with van der Waals surface area (Å²) >= 11 is 6.34. The predicted octanol–water partition coefficient (Wildman–Crippen LogP) is 1.87. The van der Waals surface area contributed by atoms with Gasteiger partial charge in [-0.3, -0.25) is 0 Å². The highest BCUT2D eigenvalue weighted by Crippen LogP contribution is 2.31. The van der Waals surface area contributed by atoms with Crippen molar-refractivity contribution in [1.29, 1.82) is 0 Å². The van der Waals surface area contributed by atoms with E-state index < -0.39 is 10.0 Å². The van der Waals surface area contributed by atoms with E-state index in [4.69, 9.17) is 0 Å².